The highest BCUT2D eigenvalue weighted by Gasteiger charge is 2.28. The van der Waals surface area contributed by atoms with Crippen molar-refractivity contribution in [3.05, 3.63) is 29.8 Å². The maximum absolute atomic E-state index is 9.43. The third-order valence-corrected chi connectivity index (χ3v) is 5.70. The first-order valence-corrected chi connectivity index (χ1v) is 10.0. The van der Waals surface area contributed by atoms with Crippen LogP contribution in [-0.4, -0.2) is 59.3 Å². The molecule has 2 fully saturated rings. The predicted molar refractivity (Wildman–Crippen MR) is 102 cm³/mol. The summed E-state index contributed by atoms with van der Waals surface area (Å²) in [6.45, 7) is 8.90. The number of rotatable bonds is 7. The smallest absolute Gasteiger partial charge is 0.124 e. The van der Waals surface area contributed by atoms with Gasteiger partial charge in [-0.05, 0) is 52.0 Å². The molecule has 1 aromatic carbocycles. The fraction of sp³-hybridized carbons (Fsp3) is 0.714. The highest BCUT2D eigenvalue weighted by atomic mass is 16.5. The average molecular weight is 347 g/mol. The Morgan fingerprint density at radius 2 is 1.92 bits per heavy atom. The fourth-order valence-electron chi connectivity index (χ4n) is 4.34. The van der Waals surface area contributed by atoms with Gasteiger partial charge in [0, 0.05) is 50.4 Å². The molecule has 0 spiro atoms. The van der Waals surface area contributed by atoms with E-state index in [0.29, 0.717) is 18.2 Å². The molecule has 0 amide bonds. The van der Waals surface area contributed by atoms with Crippen molar-refractivity contribution in [1.82, 2.24) is 9.80 Å². The topological polar surface area (TPSA) is 35.9 Å². The average Bonchev–Trinajstić information content (AvgIpc) is 3.10. The number of piperazine rings is 1. The van der Waals surface area contributed by atoms with Crippen LogP contribution in [0.1, 0.15) is 51.5 Å². The van der Waals surface area contributed by atoms with Crippen molar-refractivity contribution in [2.75, 3.05) is 26.2 Å². The van der Waals surface area contributed by atoms with Gasteiger partial charge in [0.05, 0.1) is 6.10 Å². The molecule has 1 atom stereocenters. The van der Waals surface area contributed by atoms with Gasteiger partial charge < -0.3 is 9.84 Å². The lowest BCUT2D eigenvalue weighted by molar-refractivity contribution is 0.0343. The molecule has 1 aliphatic heterocycles. The van der Waals surface area contributed by atoms with Crippen LogP contribution in [0.15, 0.2) is 24.3 Å². The Morgan fingerprint density at radius 3 is 2.64 bits per heavy atom. The molecule has 0 radical (unpaired) electrons. The van der Waals surface area contributed by atoms with Gasteiger partial charge in [0.15, 0.2) is 0 Å². The molecule has 4 nitrogen and oxygen atoms in total. The summed E-state index contributed by atoms with van der Waals surface area (Å²) in [5.74, 6) is 1.07. The molecule has 1 N–H and O–H groups in total. The monoisotopic (exact) mass is 346 g/mol. The second-order valence-electron chi connectivity index (χ2n) is 7.86. The zero-order valence-corrected chi connectivity index (χ0v) is 15.9. The number of ether oxygens (including phenoxy) is 1. The molecule has 1 saturated heterocycles. The van der Waals surface area contributed by atoms with Gasteiger partial charge in [-0.2, -0.15) is 0 Å². The van der Waals surface area contributed by atoms with Gasteiger partial charge in [0.2, 0.25) is 0 Å². The number of hydrogen-bond donors (Lipinski definition) is 1. The highest BCUT2D eigenvalue weighted by molar-refractivity contribution is 5.33. The van der Waals surface area contributed by atoms with Crippen molar-refractivity contribution in [1.29, 1.82) is 0 Å². The van der Waals surface area contributed by atoms with Crippen LogP contribution >= 0.6 is 0 Å². The number of para-hydroxylation sites is 1. The molecular weight excluding hydrogens is 312 g/mol. The van der Waals surface area contributed by atoms with Crippen LogP contribution in [0.2, 0.25) is 0 Å². The number of aliphatic hydroxyl groups is 1. The number of nitrogens with zero attached hydrogens (tertiary/aromatic N) is 2. The number of benzene rings is 1. The first kappa shape index (κ1) is 18.7. The summed E-state index contributed by atoms with van der Waals surface area (Å²) >= 11 is 0. The van der Waals surface area contributed by atoms with Gasteiger partial charge in [-0.3, -0.25) is 9.80 Å². The van der Waals surface area contributed by atoms with Crippen molar-refractivity contribution in [3.8, 4) is 5.75 Å². The summed E-state index contributed by atoms with van der Waals surface area (Å²) in [5.41, 5.74) is 1.30. The van der Waals surface area contributed by atoms with Crippen LogP contribution < -0.4 is 4.74 Å². The SMILES string of the molecule is CC(C)N1CCN(Cc2ccccc2OC2CCCC2)C[C@H]1CCO. The Morgan fingerprint density at radius 1 is 1.16 bits per heavy atom. The van der Waals surface area contributed by atoms with E-state index < -0.39 is 0 Å². The van der Waals surface area contributed by atoms with Gasteiger partial charge >= 0.3 is 0 Å². The first-order chi connectivity index (χ1) is 12.2. The minimum atomic E-state index is 0.267. The quantitative estimate of drug-likeness (QED) is 0.822. The minimum absolute atomic E-state index is 0.267. The maximum Gasteiger partial charge on any atom is 0.124 e. The lowest BCUT2D eigenvalue weighted by Gasteiger charge is -2.43. The summed E-state index contributed by atoms with van der Waals surface area (Å²) in [6.07, 6.45) is 6.25. The summed E-state index contributed by atoms with van der Waals surface area (Å²) in [5, 5.41) is 9.43. The molecule has 4 heteroatoms. The molecule has 140 valence electrons. The second kappa shape index (κ2) is 9.02. The fourth-order valence-corrected chi connectivity index (χ4v) is 4.34. The highest BCUT2D eigenvalue weighted by Crippen LogP contribution is 2.28. The van der Waals surface area contributed by atoms with Crippen molar-refractivity contribution in [3.63, 3.8) is 0 Å². The summed E-state index contributed by atoms with van der Waals surface area (Å²) in [7, 11) is 0. The Balaban J connectivity index is 1.63. The van der Waals surface area contributed by atoms with Gasteiger partial charge in [-0.25, -0.2) is 0 Å². The molecule has 0 unspecified atom stereocenters. The third kappa shape index (κ3) is 4.96. The van der Waals surface area contributed by atoms with Gasteiger partial charge in [0.1, 0.15) is 5.75 Å². The maximum atomic E-state index is 9.43. The van der Waals surface area contributed by atoms with Crippen molar-refractivity contribution in [2.24, 2.45) is 0 Å². The molecular formula is C21H34N2O2. The van der Waals surface area contributed by atoms with Crippen LogP contribution in [0.25, 0.3) is 0 Å². The third-order valence-electron chi connectivity index (χ3n) is 5.70. The molecule has 1 aliphatic carbocycles. The van der Waals surface area contributed by atoms with E-state index >= 15 is 0 Å². The predicted octanol–water partition coefficient (Wildman–Crippen LogP) is 3.29. The lowest BCUT2D eigenvalue weighted by atomic mass is 10.1. The Hall–Kier alpha value is -1.10. The summed E-state index contributed by atoms with van der Waals surface area (Å²) in [6, 6.07) is 9.52. The minimum Gasteiger partial charge on any atom is -0.490 e. The van der Waals surface area contributed by atoms with E-state index in [0.717, 1.165) is 38.3 Å². The largest absolute Gasteiger partial charge is 0.490 e. The molecule has 0 bridgehead atoms. The first-order valence-electron chi connectivity index (χ1n) is 10.0. The van der Waals surface area contributed by atoms with E-state index in [1.807, 2.05) is 0 Å². The van der Waals surface area contributed by atoms with Gasteiger partial charge in [0.25, 0.3) is 0 Å². The van der Waals surface area contributed by atoms with Crippen LogP contribution in [0.3, 0.4) is 0 Å². The van der Waals surface area contributed by atoms with Gasteiger partial charge in [-0.1, -0.05) is 18.2 Å². The summed E-state index contributed by atoms with van der Waals surface area (Å²) in [4.78, 5) is 5.06. The molecule has 25 heavy (non-hydrogen) atoms. The van der Waals surface area contributed by atoms with E-state index in [1.165, 1.54) is 31.2 Å². The molecule has 1 heterocycles. The Kier molecular flexibility index (Phi) is 6.74. The van der Waals surface area contributed by atoms with E-state index in [4.69, 9.17) is 4.74 Å². The van der Waals surface area contributed by atoms with Crippen LogP contribution in [0, 0.1) is 0 Å². The van der Waals surface area contributed by atoms with Crippen molar-refractivity contribution >= 4 is 0 Å². The molecule has 3 rings (SSSR count). The molecule has 0 aromatic heterocycles. The van der Waals surface area contributed by atoms with Gasteiger partial charge in [-0.15, -0.1) is 0 Å². The van der Waals surface area contributed by atoms with E-state index in [1.54, 1.807) is 0 Å². The van der Waals surface area contributed by atoms with E-state index in [9.17, 15) is 5.11 Å². The lowest BCUT2D eigenvalue weighted by Crippen LogP contribution is -2.55. The van der Waals surface area contributed by atoms with Crippen molar-refractivity contribution in [2.45, 2.75) is 70.7 Å². The molecule has 1 aromatic rings. The normalized spacial score (nSPS) is 23.4. The Labute approximate surface area is 152 Å². The molecule has 2 aliphatic rings. The van der Waals surface area contributed by atoms with E-state index in [-0.39, 0.29) is 6.61 Å². The molecule has 1 saturated carbocycles. The second-order valence-corrected chi connectivity index (χ2v) is 7.86. The van der Waals surface area contributed by atoms with E-state index in [2.05, 4.69) is 47.9 Å². The zero-order chi connectivity index (χ0) is 17.6. The van der Waals surface area contributed by atoms with Crippen LogP contribution in [0.4, 0.5) is 0 Å². The zero-order valence-electron chi connectivity index (χ0n) is 15.9. The summed E-state index contributed by atoms with van der Waals surface area (Å²) < 4.78 is 6.30. The van der Waals surface area contributed by atoms with Crippen LogP contribution in [-0.2, 0) is 6.54 Å². The standard InChI is InChI=1S/C21H34N2O2/c1-17(2)23-13-12-22(16-19(23)11-14-24)15-18-7-3-6-10-21(18)25-20-8-4-5-9-20/h3,6-7,10,17,19-20,24H,4-5,8-9,11-16H2,1-2H3/t19-/m1/s1. The van der Waals surface area contributed by atoms with Crippen molar-refractivity contribution < 1.29 is 9.84 Å². The number of aliphatic hydroxyl groups excluding tert-OH is 1. The Bertz CT molecular complexity index is 528. The van der Waals surface area contributed by atoms with Crippen LogP contribution in [0.5, 0.6) is 5.75 Å². The number of hydrogen-bond acceptors (Lipinski definition) is 4.